The summed E-state index contributed by atoms with van der Waals surface area (Å²) < 4.78 is 38.3. The molecule has 0 aliphatic carbocycles. The van der Waals surface area contributed by atoms with Crippen LogP contribution in [0.1, 0.15) is 40.2 Å². The lowest BCUT2D eigenvalue weighted by atomic mass is 9.98. The predicted molar refractivity (Wildman–Crippen MR) is 129 cm³/mol. The van der Waals surface area contributed by atoms with Crippen molar-refractivity contribution < 1.29 is 52.0 Å². The van der Waals surface area contributed by atoms with Gasteiger partial charge in [-0.05, 0) is 18.1 Å². The standard InChI is InChI=1S/C25H27ClO12/c1-6-15-7-21(31)36-18-9-19(17(26)8-16(15)18)37-25-24(35-14(5)30)23(34-13(4)29)22(33-12(3)28)20(38-25)10-32-11(2)27/h7-9,20,22-25H,6,10H2,1-5H3. The smallest absolute Gasteiger partial charge is 0.336 e. The molecule has 2 heterocycles. The van der Waals surface area contributed by atoms with Gasteiger partial charge in [-0.3, -0.25) is 19.2 Å². The maximum Gasteiger partial charge on any atom is 0.336 e. The van der Waals surface area contributed by atoms with Crippen molar-refractivity contribution in [2.45, 2.75) is 71.7 Å². The van der Waals surface area contributed by atoms with E-state index in [1.807, 2.05) is 6.92 Å². The summed E-state index contributed by atoms with van der Waals surface area (Å²) in [5.74, 6) is -3.00. The van der Waals surface area contributed by atoms with Crippen LogP contribution in [-0.4, -0.2) is 61.2 Å². The minimum Gasteiger partial charge on any atom is -0.463 e. The monoisotopic (exact) mass is 554 g/mol. The minimum atomic E-state index is -1.49. The number of hydrogen-bond donors (Lipinski definition) is 0. The van der Waals surface area contributed by atoms with Gasteiger partial charge < -0.3 is 32.8 Å². The zero-order valence-corrected chi connectivity index (χ0v) is 22.1. The molecule has 1 aliphatic heterocycles. The highest BCUT2D eigenvalue weighted by molar-refractivity contribution is 6.32. The topological polar surface area (TPSA) is 154 Å². The average molecular weight is 555 g/mol. The molecule has 3 rings (SSSR count). The van der Waals surface area contributed by atoms with Crippen LogP contribution >= 0.6 is 11.6 Å². The summed E-state index contributed by atoms with van der Waals surface area (Å²) in [4.78, 5) is 59.3. The normalized spacial score (nSPS) is 22.8. The number of benzene rings is 1. The Kier molecular flexibility index (Phi) is 9.34. The average Bonchev–Trinajstić information content (AvgIpc) is 2.81. The molecule has 12 nitrogen and oxygen atoms in total. The van der Waals surface area contributed by atoms with Gasteiger partial charge >= 0.3 is 29.5 Å². The molecule has 0 radical (unpaired) electrons. The van der Waals surface area contributed by atoms with E-state index in [9.17, 15) is 24.0 Å². The number of fused-ring (bicyclic) bond motifs is 1. The molecule has 0 spiro atoms. The second-order valence-corrected chi connectivity index (χ2v) is 8.82. The van der Waals surface area contributed by atoms with Crippen molar-refractivity contribution in [3.05, 3.63) is 39.2 Å². The van der Waals surface area contributed by atoms with Crippen molar-refractivity contribution in [3.63, 3.8) is 0 Å². The first kappa shape index (κ1) is 28.9. The van der Waals surface area contributed by atoms with E-state index in [0.29, 0.717) is 17.4 Å². The molecule has 1 aromatic heterocycles. The third kappa shape index (κ3) is 7.01. The van der Waals surface area contributed by atoms with Gasteiger partial charge in [0.1, 0.15) is 24.0 Å². The molecule has 2 aromatic rings. The molecular formula is C25H27ClO12. The Balaban J connectivity index is 2.08. The highest BCUT2D eigenvalue weighted by Crippen LogP contribution is 2.36. The summed E-state index contributed by atoms with van der Waals surface area (Å²) in [7, 11) is 0. The lowest BCUT2D eigenvalue weighted by Crippen LogP contribution is -2.63. The number of hydrogen-bond acceptors (Lipinski definition) is 12. The fourth-order valence-electron chi connectivity index (χ4n) is 4.02. The van der Waals surface area contributed by atoms with Gasteiger partial charge in [-0.1, -0.05) is 18.5 Å². The number of esters is 4. The van der Waals surface area contributed by atoms with Crippen LogP contribution in [0.15, 0.2) is 27.4 Å². The molecule has 5 unspecified atom stereocenters. The SMILES string of the molecule is CCc1cc(=O)oc2cc(OC3OC(COC(C)=O)C(OC(C)=O)C(OC(C)=O)C3OC(C)=O)c(Cl)cc12. The van der Waals surface area contributed by atoms with E-state index < -0.39 is 66.8 Å². The third-order valence-corrected chi connectivity index (χ3v) is 5.75. The fourth-order valence-corrected chi connectivity index (χ4v) is 4.23. The van der Waals surface area contributed by atoms with Gasteiger partial charge in [0.15, 0.2) is 12.2 Å². The van der Waals surface area contributed by atoms with Crippen LogP contribution in [0.3, 0.4) is 0 Å². The van der Waals surface area contributed by atoms with Crippen LogP contribution in [0.4, 0.5) is 0 Å². The maximum absolute atomic E-state index is 12.0. The molecule has 0 saturated carbocycles. The lowest BCUT2D eigenvalue weighted by Gasteiger charge is -2.43. The molecule has 1 fully saturated rings. The molecule has 13 heteroatoms. The molecule has 0 N–H and O–H groups in total. The molecule has 1 aliphatic rings. The minimum absolute atomic E-state index is 0.0172. The summed E-state index contributed by atoms with van der Waals surface area (Å²) in [6.45, 7) is 5.94. The van der Waals surface area contributed by atoms with Crippen LogP contribution in [0, 0.1) is 0 Å². The number of rotatable bonds is 8. The fraction of sp³-hybridized carbons (Fsp3) is 0.480. The highest BCUT2D eigenvalue weighted by atomic mass is 35.5. The molecule has 38 heavy (non-hydrogen) atoms. The number of carbonyl (C=O) groups excluding carboxylic acids is 4. The van der Waals surface area contributed by atoms with Gasteiger partial charge in [0, 0.05) is 45.2 Å². The Morgan fingerprint density at radius 3 is 2.05 bits per heavy atom. The van der Waals surface area contributed by atoms with Gasteiger partial charge in [0.05, 0.1) is 5.02 Å². The van der Waals surface area contributed by atoms with Crippen LogP contribution in [0.2, 0.25) is 5.02 Å². The number of halogens is 1. The van der Waals surface area contributed by atoms with Crippen LogP contribution in [-0.2, 0) is 49.3 Å². The van der Waals surface area contributed by atoms with Crippen LogP contribution in [0.5, 0.6) is 5.75 Å². The maximum atomic E-state index is 12.0. The predicted octanol–water partition coefficient (Wildman–Crippen LogP) is 2.47. The van der Waals surface area contributed by atoms with E-state index in [-0.39, 0.29) is 16.4 Å². The first-order valence-electron chi connectivity index (χ1n) is 11.6. The van der Waals surface area contributed by atoms with E-state index >= 15 is 0 Å². The first-order chi connectivity index (χ1) is 17.9. The van der Waals surface area contributed by atoms with Gasteiger partial charge in [-0.25, -0.2) is 4.79 Å². The summed E-state index contributed by atoms with van der Waals surface area (Å²) in [6.07, 6.45) is -6.35. The summed E-state index contributed by atoms with van der Waals surface area (Å²) in [6, 6.07) is 4.27. The number of carbonyl (C=O) groups is 4. The molecule has 206 valence electrons. The molecule has 0 bridgehead atoms. The molecule has 0 amide bonds. The van der Waals surface area contributed by atoms with E-state index in [4.69, 9.17) is 44.4 Å². The second-order valence-electron chi connectivity index (χ2n) is 8.41. The number of aryl methyl sites for hydroxylation is 1. The summed E-state index contributed by atoms with van der Waals surface area (Å²) in [5, 5.41) is 0.694. The van der Waals surface area contributed by atoms with Crippen molar-refractivity contribution >= 4 is 46.4 Å². The molecule has 1 aromatic carbocycles. The molecule has 1 saturated heterocycles. The Morgan fingerprint density at radius 2 is 1.47 bits per heavy atom. The number of ether oxygens (including phenoxy) is 6. The first-order valence-corrected chi connectivity index (χ1v) is 12.0. The van der Waals surface area contributed by atoms with E-state index in [1.165, 1.54) is 12.1 Å². The zero-order chi connectivity index (χ0) is 28.1. The van der Waals surface area contributed by atoms with E-state index in [0.717, 1.165) is 27.7 Å². The van der Waals surface area contributed by atoms with Crippen LogP contribution < -0.4 is 10.4 Å². The lowest BCUT2D eigenvalue weighted by molar-refractivity contribution is -0.288. The second kappa shape index (κ2) is 12.3. The Hall–Kier alpha value is -3.64. The summed E-state index contributed by atoms with van der Waals surface area (Å²) in [5.41, 5.74) is 0.311. The van der Waals surface area contributed by atoms with Gasteiger partial charge in [-0.2, -0.15) is 0 Å². The van der Waals surface area contributed by atoms with E-state index in [1.54, 1.807) is 6.07 Å². The Morgan fingerprint density at radius 1 is 0.868 bits per heavy atom. The van der Waals surface area contributed by atoms with Gasteiger partial charge in [0.2, 0.25) is 12.4 Å². The van der Waals surface area contributed by atoms with Crippen LogP contribution in [0.25, 0.3) is 11.0 Å². The Labute approximate surface area is 222 Å². The Bertz CT molecular complexity index is 1290. The van der Waals surface area contributed by atoms with Crippen molar-refractivity contribution in [1.82, 2.24) is 0 Å². The van der Waals surface area contributed by atoms with E-state index in [2.05, 4.69) is 0 Å². The van der Waals surface area contributed by atoms with Gasteiger partial charge in [-0.15, -0.1) is 0 Å². The zero-order valence-electron chi connectivity index (χ0n) is 21.3. The molecular weight excluding hydrogens is 528 g/mol. The van der Waals surface area contributed by atoms with Gasteiger partial charge in [0.25, 0.3) is 0 Å². The summed E-state index contributed by atoms with van der Waals surface area (Å²) >= 11 is 6.47. The van der Waals surface area contributed by atoms with Crippen molar-refractivity contribution in [2.75, 3.05) is 6.61 Å². The van der Waals surface area contributed by atoms with Crippen molar-refractivity contribution in [1.29, 1.82) is 0 Å². The van der Waals surface area contributed by atoms with Crippen molar-refractivity contribution in [3.8, 4) is 5.75 Å². The quantitative estimate of drug-likeness (QED) is 0.267. The largest absolute Gasteiger partial charge is 0.463 e. The highest BCUT2D eigenvalue weighted by Gasteiger charge is 2.53. The third-order valence-electron chi connectivity index (χ3n) is 5.45. The van der Waals surface area contributed by atoms with Crippen molar-refractivity contribution in [2.24, 2.45) is 0 Å². The molecule has 5 atom stereocenters.